The SMILES string of the molecule is C=CC(=O)Oc1cc(CC)c(S(=O)(=O)c2ccccc2)cc1S(=O)(=O)c1ccccc1. The molecule has 0 unspecified atom stereocenters. The first kappa shape index (κ1) is 22.5. The molecule has 0 heterocycles. The van der Waals surface area contributed by atoms with E-state index in [0.717, 1.165) is 12.1 Å². The summed E-state index contributed by atoms with van der Waals surface area (Å²) in [5.41, 5.74) is 0.322. The van der Waals surface area contributed by atoms with Crippen LogP contribution in [0, 0.1) is 0 Å². The Bertz CT molecular complexity index is 1330. The molecule has 0 fully saturated rings. The average molecular weight is 457 g/mol. The Morgan fingerprint density at radius 3 is 1.77 bits per heavy atom. The molecule has 0 aliphatic heterocycles. The summed E-state index contributed by atoms with van der Waals surface area (Å²) in [5, 5.41) is 0. The highest BCUT2D eigenvalue weighted by Crippen LogP contribution is 2.36. The van der Waals surface area contributed by atoms with Crippen LogP contribution in [0.25, 0.3) is 0 Å². The van der Waals surface area contributed by atoms with Gasteiger partial charge in [0, 0.05) is 6.08 Å². The average Bonchev–Trinajstić information content (AvgIpc) is 2.79. The maximum Gasteiger partial charge on any atom is 0.335 e. The van der Waals surface area contributed by atoms with E-state index >= 15 is 0 Å². The number of sulfone groups is 2. The van der Waals surface area contributed by atoms with Gasteiger partial charge in [-0.15, -0.1) is 0 Å². The molecule has 0 aliphatic carbocycles. The van der Waals surface area contributed by atoms with Gasteiger partial charge in [-0.25, -0.2) is 21.6 Å². The molecule has 31 heavy (non-hydrogen) atoms. The summed E-state index contributed by atoms with van der Waals surface area (Å²) in [4.78, 5) is 11.2. The number of rotatable bonds is 7. The summed E-state index contributed by atoms with van der Waals surface area (Å²) < 4.78 is 58.4. The van der Waals surface area contributed by atoms with Crippen LogP contribution in [0.2, 0.25) is 0 Å². The molecule has 0 spiro atoms. The van der Waals surface area contributed by atoms with Gasteiger partial charge in [-0.1, -0.05) is 49.9 Å². The van der Waals surface area contributed by atoms with Crippen molar-refractivity contribution in [1.82, 2.24) is 0 Å². The summed E-state index contributed by atoms with van der Waals surface area (Å²) in [6.45, 7) is 5.05. The van der Waals surface area contributed by atoms with E-state index in [1.165, 1.54) is 30.3 Å². The minimum Gasteiger partial charge on any atom is -0.422 e. The van der Waals surface area contributed by atoms with Gasteiger partial charge in [-0.05, 0) is 48.4 Å². The van der Waals surface area contributed by atoms with Crippen LogP contribution in [0.5, 0.6) is 5.75 Å². The van der Waals surface area contributed by atoms with Gasteiger partial charge >= 0.3 is 5.97 Å². The van der Waals surface area contributed by atoms with E-state index < -0.39 is 30.5 Å². The smallest absolute Gasteiger partial charge is 0.335 e. The molecule has 0 atom stereocenters. The van der Waals surface area contributed by atoms with Gasteiger partial charge in [-0.3, -0.25) is 0 Å². The summed E-state index contributed by atoms with van der Waals surface area (Å²) in [6, 6.07) is 17.6. The van der Waals surface area contributed by atoms with Crippen LogP contribution >= 0.6 is 0 Å². The van der Waals surface area contributed by atoms with E-state index in [1.54, 1.807) is 43.3 Å². The minimum atomic E-state index is -4.19. The second-order valence-electron chi connectivity index (χ2n) is 6.52. The first-order valence-corrected chi connectivity index (χ1v) is 12.3. The van der Waals surface area contributed by atoms with E-state index in [2.05, 4.69) is 6.58 Å². The molecule has 0 aliphatic rings. The molecule has 0 N–H and O–H groups in total. The number of carbonyl (C=O) groups excluding carboxylic acids is 1. The zero-order valence-electron chi connectivity index (χ0n) is 16.7. The first-order chi connectivity index (χ1) is 14.7. The van der Waals surface area contributed by atoms with Gasteiger partial charge < -0.3 is 4.74 Å². The second-order valence-corrected chi connectivity index (χ2v) is 10.4. The largest absolute Gasteiger partial charge is 0.422 e. The number of hydrogen-bond acceptors (Lipinski definition) is 6. The molecule has 0 bridgehead atoms. The highest BCUT2D eigenvalue weighted by molar-refractivity contribution is 7.92. The highest BCUT2D eigenvalue weighted by Gasteiger charge is 2.29. The van der Waals surface area contributed by atoms with Crippen molar-refractivity contribution >= 4 is 25.6 Å². The normalized spacial score (nSPS) is 11.6. The summed E-state index contributed by atoms with van der Waals surface area (Å²) in [6.07, 6.45) is 1.17. The van der Waals surface area contributed by atoms with E-state index in [4.69, 9.17) is 4.74 Å². The topological polar surface area (TPSA) is 94.6 Å². The lowest BCUT2D eigenvalue weighted by Gasteiger charge is -2.16. The zero-order chi connectivity index (χ0) is 22.6. The number of aryl methyl sites for hydroxylation is 1. The van der Waals surface area contributed by atoms with Gasteiger partial charge in [0.25, 0.3) is 0 Å². The third-order valence-corrected chi connectivity index (χ3v) is 8.21. The van der Waals surface area contributed by atoms with Crippen molar-refractivity contribution in [1.29, 1.82) is 0 Å². The molecule has 0 aromatic heterocycles. The third-order valence-electron chi connectivity index (χ3n) is 4.57. The number of hydrogen-bond donors (Lipinski definition) is 0. The number of benzene rings is 3. The van der Waals surface area contributed by atoms with Crippen LogP contribution in [0.4, 0.5) is 0 Å². The minimum absolute atomic E-state index is 0.0311. The molecular weight excluding hydrogens is 436 g/mol. The van der Waals surface area contributed by atoms with E-state index in [1.807, 2.05) is 0 Å². The maximum absolute atomic E-state index is 13.3. The van der Waals surface area contributed by atoms with Crippen molar-refractivity contribution in [2.24, 2.45) is 0 Å². The standard InChI is InChI=1S/C23H20O6S2/c1-3-17-15-20(29-23(24)4-2)22(31(27,28)19-13-9-6-10-14-19)16-21(17)30(25,26)18-11-7-5-8-12-18/h4-16H,2-3H2,1H3. The fourth-order valence-electron chi connectivity index (χ4n) is 3.00. The lowest BCUT2D eigenvalue weighted by Crippen LogP contribution is -2.13. The molecule has 160 valence electrons. The molecule has 8 heteroatoms. The molecule has 0 saturated carbocycles. The van der Waals surface area contributed by atoms with Gasteiger partial charge in [0.15, 0.2) is 5.75 Å². The predicted octanol–water partition coefficient (Wildman–Crippen LogP) is 4.01. The maximum atomic E-state index is 13.3. The van der Waals surface area contributed by atoms with Crippen molar-refractivity contribution in [2.75, 3.05) is 0 Å². The van der Waals surface area contributed by atoms with E-state index in [9.17, 15) is 21.6 Å². The Labute approximate surface area is 181 Å². The second kappa shape index (κ2) is 8.87. The Morgan fingerprint density at radius 1 is 0.839 bits per heavy atom. The Balaban J connectivity index is 2.34. The van der Waals surface area contributed by atoms with Gasteiger partial charge in [0.1, 0.15) is 4.90 Å². The van der Waals surface area contributed by atoms with Crippen LogP contribution in [0.15, 0.2) is 105 Å². The van der Waals surface area contributed by atoms with E-state index in [0.29, 0.717) is 5.56 Å². The summed E-state index contributed by atoms with van der Waals surface area (Å²) in [7, 11) is -8.21. The fraction of sp³-hybridized carbons (Fsp3) is 0.0870. The Morgan fingerprint density at radius 2 is 1.32 bits per heavy atom. The molecule has 0 amide bonds. The van der Waals surface area contributed by atoms with Crippen molar-refractivity contribution in [3.63, 3.8) is 0 Å². The van der Waals surface area contributed by atoms with Crippen molar-refractivity contribution < 1.29 is 26.4 Å². The third kappa shape index (κ3) is 4.45. The van der Waals surface area contributed by atoms with Crippen LogP contribution in [0.1, 0.15) is 12.5 Å². The Hall–Kier alpha value is -3.23. The van der Waals surface area contributed by atoms with Crippen LogP contribution in [0.3, 0.4) is 0 Å². The van der Waals surface area contributed by atoms with Crippen molar-refractivity contribution in [3.8, 4) is 5.75 Å². The fourth-order valence-corrected chi connectivity index (χ4v) is 6.08. The van der Waals surface area contributed by atoms with Crippen molar-refractivity contribution in [3.05, 3.63) is 91.0 Å². The number of esters is 1. The summed E-state index contributed by atoms with van der Waals surface area (Å²) >= 11 is 0. The molecule has 0 radical (unpaired) electrons. The lowest BCUT2D eigenvalue weighted by molar-refractivity contribution is -0.129. The Kier molecular flexibility index (Phi) is 6.42. The van der Waals surface area contributed by atoms with E-state index in [-0.39, 0.29) is 26.9 Å². The first-order valence-electron chi connectivity index (χ1n) is 9.33. The molecule has 0 saturated heterocycles. The highest BCUT2D eigenvalue weighted by atomic mass is 32.2. The van der Waals surface area contributed by atoms with Crippen LogP contribution in [-0.2, 0) is 30.9 Å². The van der Waals surface area contributed by atoms with Gasteiger partial charge in [-0.2, -0.15) is 0 Å². The molecule has 3 rings (SSSR count). The van der Waals surface area contributed by atoms with Crippen molar-refractivity contribution in [2.45, 2.75) is 32.9 Å². The zero-order valence-corrected chi connectivity index (χ0v) is 18.3. The summed E-state index contributed by atoms with van der Waals surface area (Å²) in [5.74, 6) is -1.11. The van der Waals surface area contributed by atoms with Crippen LogP contribution in [-0.4, -0.2) is 22.8 Å². The number of ether oxygens (including phenoxy) is 1. The van der Waals surface area contributed by atoms with Gasteiger partial charge in [0.2, 0.25) is 19.7 Å². The molecule has 3 aromatic carbocycles. The molecule has 3 aromatic rings. The molecule has 6 nitrogen and oxygen atoms in total. The van der Waals surface area contributed by atoms with Crippen LogP contribution < -0.4 is 4.74 Å². The number of carbonyl (C=O) groups is 1. The monoisotopic (exact) mass is 456 g/mol. The molecular formula is C23H20O6S2. The van der Waals surface area contributed by atoms with Gasteiger partial charge in [0.05, 0.1) is 14.7 Å². The lowest BCUT2D eigenvalue weighted by atomic mass is 10.1. The predicted molar refractivity (Wildman–Crippen MR) is 115 cm³/mol. The quantitative estimate of drug-likeness (QED) is 0.303.